The fourth-order valence-corrected chi connectivity index (χ4v) is 1.96. The summed E-state index contributed by atoms with van der Waals surface area (Å²) in [4.78, 5) is 25.6. The maximum Gasteiger partial charge on any atom is 0.338 e. The van der Waals surface area contributed by atoms with E-state index in [2.05, 4.69) is 17.1 Å². The van der Waals surface area contributed by atoms with Crippen molar-refractivity contribution in [3.8, 4) is 0 Å². The van der Waals surface area contributed by atoms with E-state index in [0.717, 1.165) is 25.9 Å². The number of unbranched alkanes of at least 4 members (excludes halogenated alkanes) is 1. The minimum atomic E-state index is -0.349. The van der Waals surface area contributed by atoms with Gasteiger partial charge in [0.2, 0.25) is 5.91 Å². The molecule has 1 rings (SSSR count). The standard InChI is InChI=1S/C17H26N2O3/c1-4-6-12-19(3)13-11-16(20)18-15-9-7-14(8-10-15)17(21)22-5-2/h7-10H,4-6,11-13H2,1-3H3,(H,18,20). The molecule has 1 aromatic carbocycles. The van der Waals surface area contributed by atoms with Gasteiger partial charge >= 0.3 is 5.97 Å². The number of carbonyl (C=O) groups excluding carboxylic acids is 2. The molecule has 1 N–H and O–H groups in total. The van der Waals surface area contributed by atoms with Gasteiger partial charge in [0.05, 0.1) is 12.2 Å². The summed E-state index contributed by atoms with van der Waals surface area (Å²) in [5.74, 6) is -0.370. The molecular formula is C17H26N2O3. The fourth-order valence-electron chi connectivity index (χ4n) is 1.96. The molecule has 0 aliphatic rings. The highest BCUT2D eigenvalue weighted by atomic mass is 16.5. The summed E-state index contributed by atoms with van der Waals surface area (Å²) < 4.78 is 4.91. The number of benzene rings is 1. The van der Waals surface area contributed by atoms with E-state index in [1.807, 2.05) is 7.05 Å². The molecule has 5 nitrogen and oxygen atoms in total. The first kappa shape index (κ1) is 18.2. The summed E-state index contributed by atoms with van der Waals surface area (Å²) in [6.07, 6.45) is 2.76. The second kappa shape index (κ2) is 9.95. The molecule has 0 aliphatic heterocycles. The molecule has 0 radical (unpaired) electrons. The SMILES string of the molecule is CCCCN(C)CCC(=O)Nc1ccc(C(=O)OCC)cc1. The van der Waals surface area contributed by atoms with Crippen molar-refractivity contribution in [3.05, 3.63) is 29.8 Å². The molecule has 1 aromatic rings. The van der Waals surface area contributed by atoms with E-state index in [-0.39, 0.29) is 11.9 Å². The van der Waals surface area contributed by atoms with E-state index in [1.54, 1.807) is 31.2 Å². The maximum atomic E-state index is 11.9. The van der Waals surface area contributed by atoms with Gasteiger partial charge in [-0.3, -0.25) is 4.79 Å². The average molecular weight is 306 g/mol. The highest BCUT2D eigenvalue weighted by Crippen LogP contribution is 2.11. The lowest BCUT2D eigenvalue weighted by Gasteiger charge is -2.15. The van der Waals surface area contributed by atoms with Gasteiger partial charge in [-0.25, -0.2) is 4.79 Å². The second-order valence-electron chi connectivity index (χ2n) is 5.25. The number of esters is 1. The summed E-state index contributed by atoms with van der Waals surface area (Å²) >= 11 is 0. The Bertz CT molecular complexity index is 471. The van der Waals surface area contributed by atoms with Crippen LogP contribution < -0.4 is 5.32 Å². The highest BCUT2D eigenvalue weighted by molar-refractivity contribution is 5.93. The molecule has 0 unspecified atom stereocenters. The maximum absolute atomic E-state index is 11.9. The van der Waals surface area contributed by atoms with Crippen molar-refractivity contribution in [2.24, 2.45) is 0 Å². The molecule has 0 bridgehead atoms. The summed E-state index contributed by atoms with van der Waals surface area (Å²) in [7, 11) is 2.02. The molecule has 0 aliphatic carbocycles. The third kappa shape index (κ3) is 6.72. The smallest absolute Gasteiger partial charge is 0.338 e. The summed E-state index contributed by atoms with van der Waals surface area (Å²) in [6, 6.07) is 6.73. The molecule has 0 saturated carbocycles. The largest absolute Gasteiger partial charge is 0.462 e. The van der Waals surface area contributed by atoms with Crippen molar-refractivity contribution >= 4 is 17.6 Å². The monoisotopic (exact) mass is 306 g/mol. The van der Waals surface area contributed by atoms with E-state index in [9.17, 15) is 9.59 Å². The van der Waals surface area contributed by atoms with Gasteiger partial charge in [0.1, 0.15) is 0 Å². The highest BCUT2D eigenvalue weighted by Gasteiger charge is 2.08. The zero-order valence-corrected chi connectivity index (χ0v) is 13.7. The van der Waals surface area contributed by atoms with Crippen LogP contribution in [0, 0.1) is 0 Å². The lowest BCUT2D eigenvalue weighted by molar-refractivity contribution is -0.116. The first-order valence-electron chi connectivity index (χ1n) is 7.82. The number of anilines is 1. The molecule has 122 valence electrons. The van der Waals surface area contributed by atoms with Gasteiger partial charge in [-0.1, -0.05) is 13.3 Å². The van der Waals surface area contributed by atoms with Crippen molar-refractivity contribution in [2.75, 3.05) is 32.1 Å². The summed E-state index contributed by atoms with van der Waals surface area (Å²) in [5.41, 5.74) is 1.17. The molecule has 0 atom stereocenters. The molecule has 5 heteroatoms. The molecule has 0 heterocycles. The van der Waals surface area contributed by atoms with Crippen molar-refractivity contribution in [2.45, 2.75) is 33.1 Å². The number of amides is 1. The van der Waals surface area contributed by atoms with Crippen LogP contribution in [0.15, 0.2) is 24.3 Å². The van der Waals surface area contributed by atoms with Gasteiger partial charge in [-0.15, -0.1) is 0 Å². The molecule has 0 saturated heterocycles. The molecule has 22 heavy (non-hydrogen) atoms. The quantitative estimate of drug-likeness (QED) is 0.713. The second-order valence-corrected chi connectivity index (χ2v) is 5.25. The van der Waals surface area contributed by atoms with Gasteiger partial charge in [0.25, 0.3) is 0 Å². The zero-order chi connectivity index (χ0) is 16.4. The normalized spacial score (nSPS) is 10.5. The number of nitrogens with zero attached hydrogens (tertiary/aromatic N) is 1. The van der Waals surface area contributed by atoms with Crippen LogP contribution in [0.1, 0.15) is 43.5 Å². The molecular weight excluding hydrogens is 280 g/mol. The van der Waals surface area contributed by atoms with E-state index in [1.165, 1.54) is 0 Å². The van der Waals surface area contributed by atoms with Crippen LogP contribution in [0.25, 0.3) is 0 Å². The van der Waals surface area contributed by atoms with Crippen LogP contribution in [0.5, 0.6) is 0 Å². The summed E-state index contributed by atoms with van der Waals surface area (Å²) in [6.45, 7) is 6.03. The molecule has 0 spiro atoms. The van der Waals surface area contributed by atoms with Crippen LogP contribution >= 0.6 is 0 Å². The van der Waals surface area contributed by atoms with E-state index < -0.39 is 0 Å². The topological polar surface area (TPSA) is 58.6 Å². The first-order chi connectivity index (χ1) is 10.6. The van der Waals surface area contributed by atoms with Crippen molar-refractivity contribution < 1.29 is 14.3 Å². The molecule has 0 aromatic heterocycles. The van der Waals surface area contributed by atoms with Crippen LogP contribution in [-0.2, 0) is 9.53 Å². The van der Waals surface area contributed by atoms with E-state index in [0.29, 0.717) is 24.3 Å². The predicted octanol–water partition coefficient (Wildman–Crippen LogP) is 2.92. The zero-order valence-electron chi connectivity index (χ0n) is 13.7. The van der Waals surface area contributed by atoms with Gasteiger partial charge in [-0.2, -0.15) is 0 Å². The fraction of sp³-hybridized carbons (Fsp3) is 0.529. The van der Waals surface area contributed by atoms with Gasteiger partial charge in [0.15, 0.2) is 0 Å². The summed E-state index contributed by atoms with van der Waals surface area (Å²) in [5, 5.41) is 2.83. The lowest BCUT2D eigenvalue weighted by Crippen LogP contribution is -2.25. The Morgan fingerprint density at radius 1 is 1.14 bits per heavy atom. The Morgan fingerprint density at radius 3 is 2.41 bits per heavy atom. The minimum Gasteiger partial charge on any atom is -0.462 e. The Labute approximate surface area is 132 Å². The van der Waals surface area contributed by atoms with E-state index >= 15 is 0 Å². The van der Waals surface area contributed by atoms with Crippen LogP contribution in [0.4, 0.5) is 5.69 Å². The average Bonchev–Trinajstić information content (AvgIpc) is 2.52. The molecule has 1 amide bonds. The lowest BCUT2D eigenvalue weighted by atomic mass is 10.2. The Hall–Kier alpha value is -1.88. The third-order valence-electron chi connectivity index (χ3n) is 3.29. The van der Waals surface area contributed by atoms with Gasteiger partial charge in [0, 0.05) is 18.7 Å². The van der Waals surface area contributed by atoms with Crippen LogP contribution in [0.2, 0.25) is 0 Å². The number of nitrogens with one attached hydrogen (secondary N) is 1. The van der Waals surface area contributed by atoms with Gasteiger partial charge in [-0.05, 0) is 51.2 Å². The molecule has 0 fully saturated rings. The van der Waals surface area contributed by atoms with Crippen molar-refractivity contribution in [1.29, 1.82) is 0 Å². The number of carbonyl (C=O) groups is 2. The Balaban J connectivity index is 2.40. The van der Waals surface area contributed by atoms with Crippen LogP contribution in [0.3, 0.4) is 0 Å². The Morgan fingerprint density at radius 2 is 1.82 bits per heavy atom. The number of hydrogen-bond acceptors (Lipinski definition) is 4. The minimum absolute atomic E-state index is 0.0211. The van der Waals surface area contributed by atoms with Crippen molar-refractivity contribution in [3.63, 3.8) is 0 Å². The number of ether oxygens (including phenoxy) is 1. The Kier molecular flexibility index (Phi) is 8.22. The van der Waals surface area contributed by atoms with Crippen LogP contribution in [-0.4, -0.2) is 43.5 Å². The van der Waals surface area contributed by atoms with Gasteiger partial charge < -0.3 is 15.0 Å². The predicted molar refractivity (Wildman–Crippen MR) is 88.1 cm³/mol. The number of hydrogen-bond donors (Lipinski definition) is 1. The van der Waals surface area contributed by atoms with E-state index in [4.69, 9.17) is 4.74 Å². The number of rotatable bonds is 9. The first-order valence-corrected chi connectivity index (χ1v) is 7.82. The third-order valence-corrected chi connectivity index (χ3v) is 3.29. The van der Waals surface area contributed by atoms with Crippen molar-refractivity contribution in [1.82, 2.24) is 4.90 Å².